The van der Waals surface area contributed by atoms with Crippen LogP contribution in [0.5, 0.6) is 0 Å². The molecule has 1 aliphatic heterocycles. The third kappa shape index (κ3) is 2.48. The molecular formula is C10H21N. The third-order valence-corrected chi connectivity index (χ3v) is 2.91. The molecule has 1 heterocycles. The fourth-order valence-corrected chi connectivity index (χ4v) is 1.99. The van der Waals surface area contributed by atoms with Crippen molar-refractivity contribution in [1.82, 2.24) is 5.32 Å². The molecule has 2 unspecified atom stereocenters. The van der Waals surface area contributed by atoms with Gasteiger partial charge in [-0.3, -0.25) is 0 Å². The van der Waals surface area contributed by atoms with Gasteiger partial charge in [-0.25, -0.2) is 0 Å². The van der Waals surface area contributed by atoms with Gasteiger partial charge < -0.3 is 5.32 Å². The van der Waals surface area contributed by atoms with E-state index in [-0.39, 0.29) is 0 Å². The molecular weight excluding hydrogens is 134 g/mol. The Bertz CT molecular complexity index is 112. The molecule has 1 nitrogen and oxygen atoms in total. The zero-order valence-electron chi connectivity index (χ0n) is 8.11. The molecule has 66 valence electrons. The van der Waals surface area contributed by atoms with E-state index in [4.69, 9.17) is 0 Å². The van der Waals surface area contributed by atoms with Crippen molar-refractivity contribution >= 4 is 0 Å². The highest BCUT2D eigenvalue weighted by atomic mass is 14.9. The van der Waals surface area contributed by atoms with Crippen LogP contribution in [0.25, 0.3) is 0 Å². The SMILES string of the molecule is CCCC1(C)CCC(C)NC1. The molecule has 0 aliphatic carbocycles. The minimum absolute atomic E-state index is 0.598. The van der Waals surface area contributed by atoms with E-state index in [0.717, 1.165) is 6.04 Å². The second kappa shape index (κ2) is 3.57. The summed E-state index contributed by atoms with van der Waals surface area (Å²) in [6.07, 6.45) is 5.48. The highest BCUT2D eigenvalue weighted by molar-refractivity contribution is 4.84. The smallest absolute Gasteiger partial charge is 0.00391 e. The van der Waals surface area contributed by atoms with E-state index in [9.17, 15) is 0 Å². The van der Waals surface area contributed by atoms with E-state index < -0.39 is 0 Å². The maximum absolute atomic E-state index is 3.56. The van der Waals surface area contributed by atoms with Crippen molar-refractivity contribution in [3.63, 3.8) is 0 Å². The first-order chi connectivity index (χ1) is 5.16. The Balaban J connectivity index is 2.35. The molecule has 0 aromatic rings. The van der Waals surface area contributed by atoms with E-state index >= 15 is 0 Å². The fourth-order valence-electron chi connectivity index (χ4n) is 1.99. The summed E-state index contributed by atoms with van der Waals surface area (Å²) in [5, 5.41) is 3.56. The third-order valence-electron chi connectivity index (χ3n) is 2.91. The number of hydrogen-bond acceptors (Lipinski definition) is 1. The maximum atomic E-state index is 3.56. The van der Waals surface area contributed by atoms with Gasteiger partial charge in [-0.05, 0) is 31.6 Å². The Morgan fingerprint density at radius 2 is 2.27 bits per heavy atom. The topological polar surface area (TPSA) is 12.0 Å². The lowest BCUT2D eigenvalue weighted by Crippen LogP contribution is -2.42. The van der Waals surface area contributed by atoms with Gasteiger partial charge in [0.1, 0.15) is 0 Å². The fraction of sp³-hybridized carbons (Fsp3) is 1.00. The van der Waals surface area contributed by atoms with Crippen LogP contribution in [0.3, 0.4) is 0 Å². The van der Waals surface area contributed by atoms with Crippen molar-refractivity contribution in [2.75, 3.05) is 6.54 Å². The molecule has 11 heavy (non-hydrogen) atoms. The van der Waals surface area contributed by atoms with Crippen molar-refractivity contribution in [3.8, 4) is 0 Å². The number of piperidine rings is 1. The lowest BCUT2D eigenvalue weighted by atomic mass is 9.77. The second-order valence-electron chi connectivity index (χ2n) is 4.38. The molecule has 1 N–H and O–H groups in total. The maximum Gasteiger partial charge on any atom is 0.00391 e. The van der Waals surface area contributed by atoms with Crippen LogP contribution >= 0.6 is 0 Å². The van der Waals surface area contributed by atoms with Crippen molar-refractivity contribution in [1.29, 1.82) is 0 Å². The summed E-state index contributed by atoms with van der Waals surface area (Å²) < 4.78 is 0. The van der Waals surface area contributed by atoms with Crippen LogP contribution in [0.15, 0.2) is 0 Å². The molecule has 0 radical (unpaired) electrons. The van der Waals surface area contributed by atoms with Gasteiger partial charge in [0.05, 0.1) is 0 Å². The molecule has 0 saturated carbocycles. The predicted octanol–water partition coefficient (Wildman–Crippen LogP) is 2.56. The molecule has 0 aromatic carbocycles. The minimum atomic E-state index is 0.598. The monoisotopic (exact) mass is 155 g/mol. The van der Waals surface area contributed by atoms with Gasteiger partial charge in [-0.2, -0.15) is 0 Å². The van der Waals surface area contributed by atoms with E-state index in [1.165, 1.54) is 32.2 Å². The summed E-state index contributed by atoms with van der Waals surface area (Å²) in [4.78, 5) is 0. The standard InChI is InChI=1S/C10H21N/c1-4-6-10(3)7-5-9(2)11-8-10/h9,11H,4-8H2,1-3H3. The van der Waals surface area contributed by atoms with Crippen LogP contribution in [-0.4, -0.2) is 12.6 Å². The Labute approximate surface area is 70.6 Å². The Kier molecular flexibility index (Phi) is 2.94. The molecule has 0 aromatic heterocycles. The van der Waals surface area contributed by atoms with Crippen LogP contribution in [0.1, 0.15) is 46.5 Å². The normalized spacial score (nSPS) is 39.0. The summed E-state index contributed by atoms with van der Waals surface area (Å²) in [6, 6.07) is 0.750. The Morgan fingerprint density at radius 3 is 2.73 bits per heavy atom. The lowest BCUT2D eigenvalue weighted by molar-refractivity contribution is 0.190. The van der Waals surface area contributed by atoms with Gasteiger partial charge in [0.15, 0.2) is 0 Å². The molecule has 1 rings (SSSR count). The summed E-state index contributed by atoms with van der Waals surface area (Å²) in [7, 11) is 0. The van der Waals surface area contributed by atoms with Gasteiger partial charge in [0.25, 0.3) is 0 Å². The molecule has 1 fully saturated rings. The predicted molar refractivity (Wildman–Crippen MR) is 49.7 cm³/mol. The first kappa shape index (κ1) is 9.05. The van der Waals surface area contributed by atoms with Crippen LogP contribution < -0.4 is 5.32 Å². The zero-order valence-corrected chi connectivity index (χ0v) is 8.11. The van der Waals surface area contributed by atoms with Crippen LogP contribution in [0.2, 0.25) is 0 Å². The molecule has 0 bridgehead atoms. The first-order valence-corrected chi connectivity index (χ1v) is 4.90. The van der Waals surface area contributed by atoms with Gasteiger partial charge in [-0.15, -0.1) is 0 Å². The number of nitrogens with one attached hydrogen (secondary N) is 1. The zero-order chi connectivity index (χ0) is 8.32. The summed E-state index contributed by atoms with van der Waals surface area (Å²) in [5.74, 6) is 0. The average Bonchev–Trinajstić information content (AvgIpc) is 1.97. The van der Waals surface area contributed by atoms with E-state index in [1.807, 2.05) is 0 Å². The summed E-state index contributed by atoms with van der Waals surface area (Å²) in [6.45, 7) is 8.20. The van der Waals surface area contributed by atoms with Crippen LogP contribution in [0.4, 0.5) is 0 Å². The molecule has 0 spiro atoms. The van der Waals surface area contributed by atoms with E-state index in [0.29, 0.717) is 5.41 Å². The summed E-state index contributed by atoms with van der Waals surface area (Å²) >= 11 is 0. The first-order valence-electron chi connectivity index (χ1n) is 4.90. The largest absolute Gasteiger partial charge is 0.314 e. The van der Waals surface area contributed by atoms with Crippen molar-refractivity contribution in [2.24, 2.45) is 5.41 Å². The molecule has 0 amide bonds. The summed E-state index contributed by atoms with van der Waals surface area (Å²) in [5.41, 5.74) is 0.598. The van der Waals surface area contributed by atoms with Crippen molar-refractivity contribution in [3.05, 3.63) is 0 Å². The molecule has 1 heteroatoms. The average molecular weight is 155 g/mol. The van der Waals surface area contributed by atoms with E-state index in [1.54, 1.807) is 0 Å². The van der Waals surface area contributed by atoms with Gasteiger partial charge in [0, 0.05) is 12.6 Å². The van der Waals surface area contributed by atoms with Gasteiger partial charge in [-0.1, -0.05) is 20.3 Å². The van der Waals surface area contributed by atoms with Crippen LogP contribution in [-0.2, 0) is 0 Å². The molecule has 2 atom stereocenters. The Morgan fingerprint density at radius 1 is 1.55 bits per heavy atom. The quantitative estimate of drug-likeness (QED) is 0.646. The Hall–Kier alpha value is -0.0400. The van der Waals surface area contributed by atoms with Gasteiger partial charge in [0.2, 0.25) is 0 Å². The highest BCUT2D eigenvalue weighted by Crippen LogP contribution is 2.31. The number of hydrogen-bond donors (Lipinski definition) is 1. The highest BCUT2D eigenvalue weighted by Gasteiger charge is 2.27. The van der Waals surface area contributed by atoms with E-state index in [2.05, 4.69) is 26.1 Å². The number of rotatable bonds is 2. The second-order valence-corrected chi connectivity index (χ2v) is 4.38. The molecule has 1 saturated heterocycles. The van der Waals surface area contributed by atoms with Gasteiger partial charge >= 0.3 is 0 Å². The van der Waals surface area contributed by atoms with Crippen molar-refractivity contribution < 1.29 is 0 Å². The minimum Gasteiger partial charge on any atom is -0.314 e. The lowest BCUT2D eigenvalue weighted by Gasteiger charge is -2.37. The van der Waals surface area contributed by atoms with Crippen LogP contribution in [0, 0.1) is 5.41 Å². The molecule has 1 aliphatic rings. The van der Waals surface area contributed by atoms with Crippen molar-refractivity contribution in [2.45, 2.75) is 52.5 Å².